The predicted octanol–water partition coefficient (Wildman–Crippen LogP) is 2.91. The summed E-state index contributed by atoms with van der Waals surface area (Å²) in [6.45, 7) is 2.61. The molecule has 1 amide bonds. The minimum atomic E-state index is -0.194. The Morgan fingerprint density at radius 3 is 2.68 bits per heavy atom. The van der Waals surface area contributed by atoms with Crippen molar-refractivity contribution in [1.82, 2.24) is 10.6 Å². The zero-order chi connectivity index (χ0) is 19.6. The van der Waals surface area contributed by atoms with Crippen LogP contribution < -0.4 is 20.7 Å². The van der Waals surface area contributed by atoms with Gasteiger partial charge in [0.25, 0.3) is 0 Å². The summed E-state index contributed by atoms with van der Waals surface area (Å²) in [4.78, 5) is 16.2. The van der Waals surface area contributed by atoms with Gasteiger partial charge in [0.1, 0.15) is 5.75 Å². The van der Waals surface area contributed by atoms with Gasteiger partial charge in [-0.3, -0.25) is 9.79 Å². The molecule has 2 aromatic rings. The van der Waals surface area contributed by atoms with Crippen molar-refractivity contribution in [2.24, 2.45) is 4.99 Å². The van der Waals surface area contributed by atoms with Crippen molar-refractivity contribution in [3.63, 3.8) is 0 Å². The fraction of sp³-hybridized carbons (Fsp3) is 0.238. The average Bonchev–Trinajstić information content (AvgIpc) is 2.68. The van der Waals surface area contributed by atoms with Crippen molar-refractivity contribution in [1.29, 1.82) is 0 Å². The van der Waals surface area contributed by atoms with Gasteiger partial charge in [-0.25, -0.2) is 0 Å². The maximum Gasteiger partial charge on any atom is 0.243 e. The van der Waals surface area contributed by atoms with Crippen LogP contribution in [0, 0.1) is 19.3 Å². The molecular formula is C21H25IN4O2. The van der Waals surface area contributed by atoms with E-state index in [4.69, 9.17) is 11.2 Å². The summed E-state index contributed by atoms with van der Waals surface area (Å²) in [5.74, 6) is 3.67. The van der Waals surface area contributed by atoms with Gasteiger partial charge in [-0.2, -0.15) is 0 Å². The maximum absolute atomic E-state index is 12.1. The predicted molar refractivity (Wildman–Crippen MR) is 124 cm³/mol. The minimum absolute atomic E-state index is 0. The molecule has 0 aliphatic heterocycles. The number of halogens is 1. The second kappa shape index (κ2) is 11.9. The molecule has 2 rings (SSSR count). The van der Waals surface area contributed by atoms with E-state index >= 15 is 0 Å². The second-order valence-corrected chi connectivity index (χ2v) is 5.87. The fourth-order valence-electron chi connectivity index (χ4n) is 2.45. The third-order valence-electron chi connectivity index (χ3n) is 3.84. The number of amides is 1. The van der Waals surface area contributed by atoms with Crippen molar-refractivity contribution < 1.29 is 9.53 Å². The van der Waals surface area contributed by atoms with E-state index in [1.807, 2.05) is 25.1 Å². The van der Waals surface area contributed by atoms with E-state index in [-0.39, 0.29) is 36.4 Å². The lowest BCUT2D eigenvalue weighted by molar-refractivity contribution is -0.115. The summed E-state index contributed by atoms with van der Waals surface area (Å²) in [5, 5.41) is 8.95. The first-order valence-electron chi connectivity index (χ1n) is 8.50. The molecule has 0 spiro atoms. The zero-order valence-electron chi connectivity index (χ0n) is 16.2. The molecule has 0 bridgehead atoms. The van der Waals surface area contributed by atoms with E-state index in [9.17, 15) is 4.79 Å². The molecule has 2 aromatic carbocycles. The largest absolute Gasteiger partial charge is 0.496 e. The van der Waals surface area contributed by atoms with Crippen molar-refractivity contribution in [2.45, 2.75) is 13.5 Å². The number of rotatable bonds is 6. The molecule has 28 heavy (non-hydrogen) atoms. The van der Waals surface area contributed by atoms with Crippen LogP contribution >= 0.6 is 24.0 Å². The first kappa shape index (κ1) is 23.3. The lowest BCUT2D eigenvalue weighted by atomic mass is 10.1. The molecule has 0 aliphatic rings. The number of terminal acetylenes is 1. The summed E-state index contributed by atoms with van der Waals surface area (Å²) in [7, 11) is 3.29. The highest BCUT2D eigenvalue weighted by Gasteiger charge is 2.07. The highest BCUT2D eigenvalue weighted by atomic mass is 127. The Kier molecular flexibility index (Phi) is 9.88. The Labute approximate surface area is 183 Å². The van der Waals surface area contributed by atoms with Crippen molar-refractivity contribution >= 4 is 41.5 Å². The standard InChI is InChI=1S/C21H24N4O2.HI/c1-5-16-7-6-8-18(12-16)25-20(26)14-24-21(22-3)23-13-17-10-9-15(2)11-19(17)27-4;/h1,6-12H,13-14H2,2-4H3,(H,25,26)(H2,22,23,24);1H. The second-order valence-electron chi connectivity index (χ2n) is 5.87. The smallest absolute Gasteiger partial charge is 0.243 e. The summed E-state index contributed by atoms with van der Waals surface area (Å²) in [6.07, 6.45) is 5.37. The Balaban J connectivity index is 0.00000392. The number of aliphatic imine (C=N–C) groups is 1. The van der Waals surface area contributed by atoms with Crippen LogP contribution in [0.15, 0.2) is 47.5 Å². The van der Waals surface area contributed by atoms with Gasteiger partial charge in [-0.15, -0.1) is 30.4 Å². The number of anilines is 1. The van der Waals surface area contributed by atoms with Crippen LogP contribution in [0.1, 0.15) is 16.7 Å². The average molecular weight is 492 g/mol. The number of hydrogen-bond acceptors (Lipinski definition) is 3. The van der Waals surface area contributed by atoms with Crippen LogP contribution in [0.5, 0.6) is 5.75 Å². The van der Waals surface area contributed by atoms with Crippen molar-refractivity contribution in [3.8, 4) is 18.1 Å². The van der Waals surface area contributed by atoms with Crippen molar-refractivity contribution in [3.05, 3.63) is 59.2 Å². The Morgan fingerprint density at radius 2 is 2.00 bits per heavy atom. The Hall–Kier alpha value is -2.73. The number of nitrogens with zero attached hydrogens (tertiary/aromatic N) is 1. The summed E-state index contributed by atoms with van der Waals surface area (Å²) in [6, 6.07) is 13.1. The molecule has 0 aromatic heterocycles. The molecule has 6 nitrogen and oxygen atoms in total. The van der Waals surface area contributed by atoms with Gasteiger partial charge in [0.2, 0.25) is 5.91 Å². The molecule has 0 unspecified atom stereocenters. The molecule has 0 saturated carbocycles. The van der Waals surface area contributed by atoms with Gasteiger partial charge >= 0.3 is 0 Å². The zero-order valence-corrected chi connectivity index (χ0v) is 18.5. The highest BCUT2D eigenvalue weighted by molar-refractivity contribution is 14.0. The van der Waals surface area contributed by atoms with Gasteiger partial charge in [0.05, 0.1) is 13.7 Å². The monoisotopic (exact) mass is 492 g/mol. The van der Waals surface area contributed by atoms with E-state index < -0.39 is 0 Å². The van der Waals surface area contributed by atoms with Gasteiger partial charge in [0, 0.05) is 30.4 Å². The molecule has 0 radical (unpaired) electrons. The summed E-state index contributed by atoms with van der Waals surface area (Å²) >= 11 is 0. The number of carbonyl (C=O) groups is 1. The number of aryl methyl sites for hydroxylation is 1. The maximum atomic E-state index is 12.1. The molecule has 0 heterocycles. The molecule has 3 N–H and O–H groups in total. The molecule has 0 fully saturated rings. The Bertz CT molecular complexity index is 875. The topological polar surface area (TPSA) is 74.8 Å². The molecule has 0 aliphatic carbocycles. The fourth-order valence-corrected chi connectivity index (χ4v) is 2.45. The van der Waals surface area contributed by atoms with E-state index in [2.05, 4.69) is 26.9 Å². The first-order valence-corrected chi connectivity index (χ1v) is 8.50. The van der Waals surface area contributed by atoms with Gasteiger partial charge in [0.15, 0.2) is 5.96 Å². The van der Waals surface area contributed by atoms with E-state index in [0.717, 1.165) is 16.9 Å². The number of benzene rings is 2. The van der Waals surface area contributed by atoms with Gasteiger partial charge in [-0.1, -0.05) is 24.1 Å². The van der Waals surface area contributed by atoms with Crippen LogP contribution in [-0.2, 0) is 11.3 Å². The van der Waals surface area contributed by atoms with Crippen molar-refractivity contribution in [2.75, 3.05) is 26.0 Å². The van der Waals surface area contributed by atoms with E-state index in [0.29, 0.717) is 23.8 Å². The molecule has 0 saturated heterocycles. The van der Waals surface area contributed by atoms with Crippen LogP contribution in [0.2, 0.25) is 0 Å². The summed E-state index contributed by atoms with van der Waals surface area (Å²) < 4.78 is 5.40. The number of methoxy groups -OCH3 is 1. The number of carbonyl (C=O) groups excluding carboxylic acids is 1. The van der Waals surface area contributed by atoms with Crippen LogP contribution in [0.25, 0.3) is 0 Å². The normalized spacial score (nSPS) is 10.3. The Morgan fingerprint density at radius 1 is 1.21 bits per heavy atom. The number of ether oxygens (including phenoxy) is 1. The van der Waals surface area contributed by atoms with E-state index in [1.165, 1.54) is 0 Å². The first-order chi connectivity index (χ1) is 13.0. The molecule has 7 heteroatoms. The lowest BCUT2D eigenvalue weighted by Gasteiger charge is -2.14. The molecule has 148 valence electrons. The number of nitrogens with one attached hydrogen (secondary N) is 3. The SMILES string of the molecule is C#Cc1cccc(NC(=O)CNC(=NC)NCc2ccc(C)cc2OC)c1.I. The molecular weight excluding hydrogens is 467 g/mol. The van der Waals surface area contributed by atoms with Gasteiger partial charge < -0.3 is 20.7 Å². The minimum Gasteiger partial charge on any atom is -0.496 e. The van der Waals surface area contributed by atoms with Crippen LogP contribution in [0.3, 0.4) is 0 Å². The van der Waals surface area contributed by atoms with E-state index in [1.54, 1.807) is 38.4 Å². The summed E-state index contributed by atoms with van der Waals surface area (Å²) in [5.41, 5.74) is 3.50. The highest BCUT2D eigenvalue weighted by Crippen LogP contribution is 2.19. The quantitative estimate of drug-likeness (QED) is 0.251. The number of hydrogen-bond donors (Lipinski definition) is 3. The third kappa shape index (κ3) is 7.12. The number of guanidine groups is 1. The third-order valence-corrected chi connectivity index (χ3v) is 3.84. The van der Waals surface area contributed by atoms with Gasteiger partial charge in [-0.05, 0) is 36.8 Å². The molecule has 0 atom stereocenters. The van der Waals surface area contributed by atoms with Crippen LogP contribution in [-0.4, -0.2) is 32.6 Å². The van der Waals surface area contributed by atoms with Crippen LogP contribution in [0.4, 0.5) is 5.69 Å². The lowest BCUT2D eigenvalue weighted by Crippen LogP contribution is -2.41.